The normalized spacial score (nSPS) is 10.8. The minimum absolute atomic E-state index is 0.0830. The molecule has 0 saturated carbocycles. The Morgan fingerprint density at radius 1 is 1.46 bits per heavy atom. The SMILES string of the molecule is COc1ccccc1/C=N\NC(=O)Cn1nc(C)c([N+](=O)[O-])c1C. The number of para-hydroxylation sites is 1. The van der Waals surface area contributed by atoms with Gasteiger partial charge in [0.05, 0.1) is 18.2 Å². The summed E-state index contributed by atoms with van der Waals surface area (Å²) in [6.07, 6.45) is 1.46. The average Bonchev–Trinajstić information content (AvgIpc) is 2.81. The van der Waals surface area contributed by atoms with Gasteiger partial charge in [0.15, 0.2) is 0 Å². The largest absolute Gasteiger partial charge is 0.496 e. The number of ether oxygens (including phenoxy) is 1. The lowest BCUT2D eigenvalue weighted by Gasteiger charge is -2.04. The van der Waals surface area contributed by atoms with E-state index in [2.05, 4.69) is 15.6 Å². The van der Waals surface area contributed by atoms with Crippen molar-refractivity contribution in [2.24, 2.45) is 5.10 Å². The lowest BCUT2D eigenvalue weighted by Crippen LogP contribution is -2.24. The van der Waals surface area contributed by atoms with Crippen LogP contribution in [0, 0.1) is 24.0 Å². The predicted octanol–water partition coefficient (Wildman–Crippen LogP) is 1.57. The first-order valence-corrected chi connectivity index (χ1v) is 7.07. The number of hydrogen-bond acceptors (Lipinski definition) is 6. The molecule has 1 aromatic carbocycles. The van der Waals surface area contributed by atoms with Gasteiger partial charge in [-0.1, -0.05) is 12.1 Å². The van der Waals surface area contributed by atoms with Crippen LogP contribution in [-0.2, 0) is 11.3 Å². The Labute approximate surface area is 138 Å². The fourth-order valence-electron chi connectivity index (χ4n) is 2.22. The van der Waals surface area contributed by atoms with Gasteiger partial charge in [-0.05, 0) is 26.0 Å². The van der Waals surface area contributed by atoms with Gasteiger partial charge >= 0.3 is 5.69 Å². The van der Waals surface area contributed by atoms with Crippen LogP contribution in [0.15, 0.2) is 29.4 Å². The summed E-state index contributed by atoms with van der Waals surface area (Å²) in [7, 11) is 1.54. The standard InChI is InChI=1S/C15H17N5O4/c1-10-15(20(22)23)11(2)19(18-10)9-14(21)17-16-8-12-6-4-5-7-13(12)24-3/h4-8H,9H2,1-3H3,(H,17,21)/b16-8-. The van der Waals surface area contributed by atoms with E-state index in [1.165, 1.54) is 17.8 Å². The maximum atomic E-state index is 11.9. The van der Waals surface area contributed by atoms with E-state index in [1.807, 2.05) is 12.1 Å². The number of aryl methyl sites for hydroxylation is 1. The number of nitro groups is 1. The summed E-state index contributed by atoms with van der Waals surface area (Å²) in [5.74, 6) is 0.186. The van der Waals surface area contributed by atoms with E-state index < -0.39 is 10.8 Å². The van der Waals surface area contributed by atoms with Crippen molar-refractivity contribution < 1.29 is 14.5 Å². The van der Waals surface area contributed by atoms with E-state index in [-0.39, 0.29) is 17.9 Å². The third kappa shape index (κ3) is 3.75. The van der Waals surface area contributed by atoms with Crippen molar-refractivity contribution in [3.8, 4) is 5.75 Å². The van der Waals surface area contributed by atoms with Crippen LogP contribution in [0.1, 0.15) is 17.0 Å². The molecule has 0 fully saturated rings. The lowest BCUT2D eigenvalue weighted by molar-refractivity contribution is -0.386. The smallest absolute Gasteiger partial charge is 0.312 e. The summed E-state index contributed by atoms with van der Waals surface area (Å²) in [5, 5.41) is 18.8. The van der Waals surface area contributed by atoms with Gasteiger partial charge in [-0.3, -0.25) is 19.6 Å². The van der Waals surface area contributed by atoms with Gasteiger partial charge in [-0.15, -0.1) is 0 Å². The molecule has 0 radical (unpaired) electrons. The van der Waals surface area contributed by atoms with Gasteiger partial charge in [0.2, 0.25) is 0 Å². The molecule has 0 atom stereocenters. The van der Waals surface area contributed by atoms with Crippen LogP contribution in [0.4, 0.5) is 5.69 Å². The van der Waals surface area contributed by atoms with E-state index in [9.17, 15) is 14.9 Å². The first kappa shape index (κ1) is 17.1. The quantitative estimate of drug-likeness (QED) is 0.490. The molecule has 0 aliphatic carbocycles. The second-order valence-corrected chi connectivity index (χ2v) is 4.97. The zero-order valence-electron chi connectivity index (χ0n) is 13.5. The third-order valence-electron chi connectivity index (χ3n) is 3.35. The van der Waals surface area contributed by atoms with E-state index in [1.54, 1.807) is 26.2 Å². The van der Waals surface area contributed by atoms with Crippen molar-refractivity contribution in [2.75, 3.05) is 7.11 Å². The van der Waals surface area contributed by atoms with Crippen LogP contribution < -0.4 is 10.2 Å². The highest BCUT2D eigenvalue weighted by atomic mass is 16.6. The number of aromatic nitrogens is 2. The third-order valence-corrected chi connectivity index (χ3v) is 3.35. The first-order chi connectivity index (χ1) is 11.4. The number of hydrazone groups is 1. The molecule has 126 valence electrons. The van der Waals surface area contributed by atoms with Crippen LogP contribution in [0.3, 0.4) is 0 Å². The van der Waals surface area contributed by atoms with Gasteiger partial charge in [-0.2, -0.15) is 10.2 Å². The molecule has 1 N–H and O–H groups in total. The molecule has 2 rings (SSSR count). The van der Waals surface area contributed by atoms with E-state index in [0.29, 0.717) is 17.0 Å². The Hall–Kier alpha value is -3.23. The predicted molar refractivity (Wildman–Crippen MR) is 87.1 cm³/mol. The fraction of sp³-hybridized carbons (Fsp3) is 0.267. The number of benzene rings is 1. The van der Waals surface area contributed by atoms with Gasteiger partial charge in [0.1, 0.15) is 23.7 Å². The van der Waals surface area contributed by atoms with E-state index in [0.717, 1.165) is 0 Å². The Morgan fingerprint density at radius 2 is 2.17 bits per heavy atom. The van der Waals surface area contributed by atoms with Gasteiger partial charge < -0.3 is 4.74 Å². The van der Waals surface area contributed by atoms with Crippen molar-refractivity contribution in [3.63, 3.8) is 0 Å². The summed E-state index contributed by atoms with van der Waals surface area (Å²) in [6.45, 7) is 2.91. The zero-order chi connectivity index (χ0) is 17.7. The Morgan fingerprint density at radius 3 is 2.79 bits per heavy atom. The fourth-order valence-corrected chi connectivity index (χ4v) is 2.22. The van der Waals surface area contributed by atoms with Gasteiger partial charge in [-0.25, -0.2) is 5.43 Å². The van der Waals surface area contributed by atoms with Gasteiger partial charge in [0, 0.05) is 5.56 Å². The van der Waals surface area contributed by atoms with Crippen molar-refractivity contribution in [1.82, 2.24) is 15.2 Å². The van der Waals surface area contributed by atoms with Crippen molar-refractivity contribution >= 4 is 17.8 Å². The summed E-state index contributed by atoms with van der Waals surface area (Å²) in [6, 6.07) is 7.21. The molecule has 0 saturated heterocycles. The summed E-state index contributed by atoms with van der Waals surface area (Å²) >= 11 is 0. The lowest BCUT2D eigenvalue weighted by atomic mass is 10.2. The second-order valence-electron chi connectivity index (χ2n) is 4.97. The molecule has 0 unspecified atom stereocenters. The maximum absolute atomic E-state index is 11.9. The van der Waals surface area contributed by atoms with Crippen LogP contribution >= 0.6 is 0 Å². The molecule has 9 nitrogen and oxygen atoms in total. The molecule has 9 heteroatoms. The number of nitrogens with zero attached hydrogens (tertiary/aromatic N) is 4. The number of rotatable bonds is 6. The van der Waals surface area contributed by atoms with Gasteiger partial charge in [0.25, 0.3) is 5.91 Å². The summed E-state index contributed by atoms with van der Waals surface area (Å²) in [5.41, 5.74) is 3.57. The van der Waals surface area contributed by atoms with Crippen LogP contribution in [0.25, 0.3) is 0 Å². The molecule has 1 aromatic heterocycles. The minimum Gasteiger partial charge on any atom is -0.496 e. The molecular formula is C15H17N5O4. The van der Waals surface area contributed by atoms with Crippen molar-refractivity contribution in [1.29, 1.82) is 0 Å². The molecule has 1 amide bonds. The second kappa shape index (κ2) is 7.36. The summed E-state index contributed by atoms with van der Waals surface area (Å²) < 4.78 is 6.45. The monoisotopic (exact) mass is 331 g/mol. The molecule has 24 heavy (non-hydrogen) atoms. The highest BCUT2D eigenvalue weighted by Gasteiger charge is 2.22. The molecule has 0 aliphatic heterocycles. The average molecular weight is 331 g/mol. The van der Waals surface area contributed by atoms with E-state index >= 15 is 0 Å². The number of carbonyl (C=O) groups is 1. The molecule has 0 spiro atoms. The topological polar surface area (TPSA) is 112 Å². The molecule has 0 aliphatic rings. The highest BCUT2D eigenvalue weighted by molar-refractivity contribution is 5.85. The number of hydrogen-bond donors (Lipinski definition) is 1. The highest BCUT2D eigenvalue weighted by Crippen LogP contribution is 2.21. The Kier molecular flexibility index (Phi) is 5.25. The molecule has 0 bridgehead atoms. The summed E-state index contributed by atoms with van der Waals surface area (Å²) in [4.78, 5) is 22.4. The molecule has 1 heterocycles. The zero-order valence-corrected chi connectivity index (χ0v) is 13.5. The Balaban J connectivity index is 2.03. The maximum Gasteiger partial charge on any atom is 0.312 e. The number of amides is 1. The van der Waals surface area contributed by atoms with Crippen LogP contribution in [0.5, 0.6) is 5.75 Å². The molecule has 2 aromatic rings. The van der Waals surface area contributed by atoms with Crippen molar-refractivity contribution in [2.45, 2.75) is 20.4 Å². The van der Waals surface area contributed by atoms with E-state index in [4.69, 9.17) is 4.74 Å². The minimum atomic E-state index is -0.508. The number of nitrogens with one attached hydrogen (secondary N) is 1. The Bertz CT molecular complexity index is 797. The van der Waals surface area contributed by atoms with Crippen LogP contribution in [-0.4, -0.2) is 33.9 Å². The van der Waals surface area contributed by atoms with Crippen LogP contribution in [0.2, 0.25) is 0 Å². The van der Waals surface area contributed by atoms with Crippen molar-refractivity contribution in [3.05, 3.63) is 51.3 Å². The number of methoxy groups -OCH3 is 1. The number of carbonyl (C=O) groups excluding carboxylic acids is 1. The first-order valence-electron chi connectivity index (χ1n) is 7.07. The molecular weight excluding hydrogens is 314 g/mol.